The Morgan fingerprint density at radius 3 is 2.46 bits per heavy atom. The van der Waals surface area contributed by atoms with E-state index >= 15 is 0 Å². The number of rotatable bonds is 3. The van der Waals surface area contributed by atoms with E-state index in [9.17, 15) is 5.11 Å². The van der Waals surface area contributed by atoms with Crippen LogP contribution in [0.25, 0.3) is 28.2 Å². The molecule has 0 aliphatic heterocycles. The maximum Gasteiger partial charge on any atom is 0.145 e. The van der Waals surface area contributed by atoms with Crippen LogP contribution in [0.1, 0.15) is 34.4 Å². The van der Waals surface area contributed by atoms with Gasteiger partial charge in [-0.3, -0.25) is 0 Å². The van der Waals surface area contributed by atoms with Gasteiger partial charge in [-0.1, -0.05) is 72.8 Å². The van der Waals surface area contributed by atoms with Crippen molar-refractivity contribution in [2.75, 3.05) is 0 Å². The average Bonchev–Trinajstić information content (AvgIpc) is 3.40. The first kappa shape index (κ1) is 20.7. The summed E-state index contributed by atoms with van der Waals surface area (Å²) in [5, 5.41) is 13.7. The summed E-state index contributed by atoms with van der Waals surface area (Å²) in [5.41, 5.74) is 4.76. The van der Waals surface area contributed by atoms with Crippen molar-refractivity contribution in [2.24, 2.45) is 0 Å². The Balaban J connectivity index is 1.53. The second-order valence-electron chi connectivity index (χ2n) is 9.03. The van der Waals surface area contributed by atoms with Crippen LogP contribution in [-0.4, -0.2) is 5.11 Å². The lowest BCUT2D eigenvalue weighted by atomic mass is 9.83. The fraction of sp³-hybridized carbons (Fsp3) is 0.0968. The van der Waals surface area contributed by atoms with Crippen LogP contribution >= 0.6 is 15.9 Å². The van der Waals surface area contributed by atoms with E-state index in [2.05, 4.69) is 40.2 Å². The van der Waals surface area contributed by atoms with Crippen molar-refractivity contribution in [1.29, 1.82) is 0 Å². The Morgan fingerprint density at radius 2 is 1.60 bits per heavy atom. The van der Waals surface area contributed by atoms with E-state index in [1.165, 1.54) is 0 Å². The first-order valence-corrected chi connectivity index (χ1v) is 12.5. The van der Waals surface area contributed by atoms with Gasteiger partial charge >= 0.3 is 0 Å². The van der Waals surface area contributed by atoms with Gasteiger partial charge in [-0.25, -0.2) is 0 Å². The third kappa shape index (κ3) is 2.94. The van der Waals surface area contributed by atoms with Crippen LogP contribution in [0.4, 0.5) is 0 Å². The van der Waals surface area contributed by atoms with Crippen molar-refractivity contribution in [3.05, 3.63) is 123 Å². The van der Waals surface area contributed by atoms with E-state index in [4.69, 9.17) is 9.15 Å². The first-order valence-electron chi connectivity index (χ1n) is 11.8. The number of hydrogen-bond donors (Lipinski definition) is 1. The maximum atomic E-state index is 12.7. The molecule has 7 rings (SSSR count). The molecule has 1 atom stereocenters. The van der Waals surface area contributed by atoms with Crippen LogP contribution in [0, 0.1) is 0 Å². The molecule has 0 spiro atoms. The Kier molecular flexibility index (Phi) is 4.57. The summed E-state index contributed by atoms with van der Waals surface area (Å²) in [6, 6.07) is 27.5. The SMILES string of the molecule is OC1(c2ccccc2Oc2ccccc2)c2ccccc2-c2c1cc(Br)c1c3c(oc21)CCC=C3. The van der Waals surface area contributed by atoms with Gasteiger partial charge in [-0.05, 0) is 52.2 Å². The molecular formula is C31H21BrO3. The van der Waals surface area contributed by atoms with Gasteiger partial charge in [0.15, 0.2) is 0 Å². The lowest BCUT2D eigenvalue weighted by molar-refractivity contribution is 0.128. The molecule has 1 N–H and O–H groups in total. The molecule has 4 heteroatoms. The molecule has 0 fully saturated rings. The van der Waals surface area contributed by atoms with E-state index in [0.29, 0.717) is 11.3 Å². The van der Waals surface area contributed by atoms with Crippen molar-refractivity contribution in [3.63, 3.8) is 0 Å². The van der Waals surface area contributed by atoms with Crippen molar-refractivity contribution in [1.82, 2.24) is 0 Å². The molecule has 5 aromatic rings. The topological polar surface area (TPSA) is 42.6 Å². The molecule has 2 aliphatic carbocycles. The van der Waals surface area contributed by atoms with Crippen LogP contribution < -0.4 is 4.74 Å². The van der Waals surface area contributed by atoms with Gasteiger partial charge < -0.3 is 14.3 Å². The van der Waals surface area contributed by atoms with Gasteiger partial charge in [0, 0.05) is 44.1 Å². The predicted molar refractivity (Wildman–Crippen MR) is 142 cm³/mol. The van der Waals surface area contributed by atoms with E-state index in [-0.39, 0.29) is 0 Å². The molecule has 1 aromatic heterocycles. The second kappa shape index (κ2) is 7.70. The van der Waals surface area contributed by atoms with E-state index in [1.54, 1.807) is 0 Å². The zero-order valence-electron chi connectivity index (χ0n) is 18.8. The normalized spacial score (nSPS) is 17.8. The second-order valence-corrected chi connectivity index (χ2v) is 9.89. The summed E-state index contributed by atoms with van der Waals surface area (Å²) in [7, 11) is 0. The Hall–Kier alpha value is -3.60. The minimum atomic E-state index is -1.41. The molecule has 1 unspecified atom stereocenters. The van der Waals surface area contributed by atoms with Crippen molar-refractivity contribution in [3.8, 4) is 22.6 Å². The predicted octanol–water partition coefficient (Wildman–Crippen LogP) is 8.21. The molecule has 170 valence electrons. The number of allylic oxidation sites excluding steroid dienone is 1. The fourth-order valence-electron chi connectivity index (χ4n) is 5.55. The molecule has 0 amide bonds. The van der Waals surface area contributed by atoms with Crippen LogP contribution in [0.5, 0.6) is 11.5 Å². The third-order valence-electron chi connectivity index (χ3n) is 7.07. The molecule has 4 aromatic carbocycles. The number of ether oxygens (including phenoxy) is 1. The van der Waals surface area contributed by atoms with Crippen LogP contribution in [0.15, 0.2) is 99.9 Å². The van der Waals surface area contributed by atoms with E-state index < -0.39 is 5.60 Å². The minimum Gasteiger partial charge on any atom is -0.460 e. The van der Waals surface area contributed by atoms with Gasteiger partial charge in [0.1, 0.15) is 28.4 Å². The standard InChI is InChI=1S/C31H21BrO3/c32-25-18-24-28(30-29(25)21-13-5-8-16-26(21)35-30)20-12-4-6-14-22(20)31(24,33)23-15-7-9-17-27(23)34-19-10-2-1-3-11-19/h1-7,9-15,17-18,33H,8,16H2. The lowest BCUT2D eigenvalue weighted by Crippen LogP contribution is -2.26. The van der Waals surface area contributed by atoms with Crippen LogP contribution in [0.2, 0.25) is 0 Å². The lowest BCUT2D eigenvalue weighted by Gasteiger charge is -2.28. The van der Waals surface area contributed by atoms with Gasteiger partial charge in [0.05, 0.1) is 0 Å². The molecule has 1 heterocycles. The summed E-state index contributed by atoms with van der Waals surface area (Å²) >= 11 is 3.81. The smallest absolute Gasteiger partial charge is 0.145 e. The van der Waals surface area contributed by atoms with Crippen molar-refractivity contribution >= 4 is 33.0 Å². The highest BCUT2D eigenvalue weighted by Crippen LogP contribution is 2.57. The van der Waals surface area contributed by atoms with Gasteiger partial charge in [0.25, 0.3) is 0 Å². The number of hydrogen-bond acceptors (Lipinski definition) is 3. The molecule has 2 aliphatic rings. The van der Waals surface area contributed by atoms with Crippen LogP contribution in [-0.2, 0) is 12.0 Å². The van der Waals surface area contributed by atoms with Crippen molar-refractivity contribution in [2.45, 2.75) is 18.4 Å². The summed E-state index contributed by atoms with van der Waals surface area (Å²) in [6.45, 7) is 0. The zero-order chi connectivity index (χ0) is 23.6. The minimum absolute atomic E-state index is 0.613. The molecule has 0 bridgehead atoms. The summed E-state index contributed by atoms with van der Waals surface area (Å²) in [5.74, 6) is 2.33. The highest BCUT2D eigenvalue weighted by molar-refractivity contribution is 9.10. The van der Waals surface area contributed by atoms with E-state index in [0.717, 1.165) is 67.6 Å². The number of halogens is 1. The number of benzene rings is 4. The Bertz CT molecular complexity index is 1650. The molecular weight excluding hydrogens is 500 g/mol. The number of aliphatic hydroxyl groups is 1. The Morgan fingerprint density at radius 1 is 0.857 bits per heavy atom. The summed E-state index contributed by atoms with van der Waals surface area (Å²) < 4.78 is 13.7. The number of aryl methyl sites for hydroxylation is 1. The van der Waals surface area contributed by atoms with Crippen molar-refractivity contribution < 1.29 is 14.3 Å². The number of para-hydroxylation sites is 2. The fourth-order valence-corrected chi connectivity index (χ4v) is 6.17. The van der Waals surface area contributed by atoms with Crippen LogP contribution in [0.3, 0.4) is 0 Å². The number of furan rings is 1. The van der Waals surface area contributed by atoms with E-state index in [1.807, 2.05) is 72.8 Å². The largest absolute Gasteiger partial charge is 0.460 e. The molecule has 0 radical (unpaired) electrons. The number of fused-ring (bicyclic) bond motifs is 7. The molecule has 35 heavy (non-hydrogen) atoms. The summed E-state index contributed by atoms with van der Waals surface area (Å²) in [4.78, 5) is 0. The zero-order valence-corrected chi connectivity index (χ0v) is 20.4. The molecule has 0 saturated carbocycles. The first-order chi connectivity index (χ1) is 17.2. The maximum absolute atomic E-state index is 12.7. The summed E-state index contributed by atoms with van der Waals surface area (Å²) in [6.07, 6.45) is 6.19. The van der Waals surface area contributed by atoms with Gasteiger partial charge in [0.2, 0.25) is 0 Å². The monoisotopic (exact) mass is 520 g/mol. The average molecular weight is 521 g/mol. The third-order valence-corrected chi connectivity index (χ3v) is 7.70. The van der Waals surface area contributed by atoms with Gasteiger partial charge in [-0.2, -0.15) is 0 Å². The molecule has 0 saturated heterocycles. The molecule has 3 nitrogen and oxygen atoms in total. The highest BCUT2D eigenvalue weighted by Gasteiger charge is 2.47. The Labute approximate surface area is 211 Å². The quantitative estimate of drug-likeness (QED) is 0.260. The van der Waals surface area contributed by atoms with Gasteiger partial charge in [-0.15, -0.1) is 0 Å². The highest BCUT2D eigenvalue weighted by atomic mass is 79.9.